The van der Waals surface area contributed by atoms with E-state index in [0.717, 1.165) is 0 Å². The Hall–Kier alpha value is -2.44. The van der Waals surface area contributed by atoms with Crippen LogP contribution in [0.25, 0.3) is 5.69 Å². The van der Waals surface area contributed by atoms with E-state index in [4.69, 9.17) is 28.9 Å². The van der Waals surface area contributed by atoms with Crippen LogP contribution in [0.2, 0.25) is 10.0 Å². The molecule has 17 heteroatoms. The monoisotopic (exact) mass is 571 g/mol. The summed E-state index contributed by atoms with van der Waals surface area (Å²) < 4.78 is 105. The Balaban J connectivity index is 2.20. The van der Waals surface area contributed by atoms with E-state index in [9.17, 15) is 42.7 Å². The van der Waals surface area contributed by atoms with Crippen molar-refractivity contribution in [1.29, 1.82) is 5.26 Å². The average molecular weight is 572 g/mol. The maximum absolute atomic E-state index is 13.3. The predicted octanol–water partition coefficient (Wildman–Crippen LogP) is 6.98. The quantitative estimate of drug-likeness (QED) is 0.264. The number of nitrogens with two attached hydrogens (primary N) is 1. The fourth-order valence-corrected chi connectivity index (χ4v) is 4.94. The third-order valence-corrected chi connectivity index (χ3v) is 6.97. The Kier molecular flexibility index (Phi) is 6.03. The van der Waals surface area contributed by atoms with Gasteiger partial charge in [-0.1, -0.05) is 42.6 Å². The van der Waals surface area contributed by atoms with Crippen LogP contribution in [-0.2, 0) is 10.2 Å². The van der Waals surface area contributed by atoms with Gasteiger partial charge in [0.25, 0.3) is 0 Å². The van der Waals surface area contributed by atoms with Crippen LogP contribution in [0.4, 0.5) is 38.4 Å². The number of carbonyl (C=O) groups excluding carboxylic acids is 1. The van der Waals surface area contributed by atoms with Gasteiger partial charge in [0.2, 0.25) is 5.91 Å². The van der Waals surface area contributed by atoms with E-state index in [1.807, 2.05) is 0 Å². The van der Waals surface area contributed by atoms with Gasteiger partial charge in [0.1, 0.15) is 22.5 Å². The number of primary amides is 1. The van der Waals surface area contributed by atoms with E-state index < -0.39 is 66.9 Å². The van der Waals surface area contributed by atoms with Crippen LogP contribution in [-0.4, -0.2) is 28.4 Å². The highest BCUT2D eigenvalue weighted by Crippen LogP contribution is 3.02. The fraction of sp³-hybridized carbons (Fsp3) is 0.389. The van der Waals surface area contributed by atoms with Gasteiger partial charge in [0.05, 0.1) is 15.5 Å². The van der Waals surface area contributed by atoms with Gasteiger partial charge in [0.15, 0.2) is 5.69 Å². The van der Waals surface area contributed by atoms with Crippen LogP contribution in [0.15, 0.2) is 17.0 Å². The molecule has 1 aromatic heterocycles. The van der Waals surface area contributed by atoms with Crippen LogP contribution in [0, 0.1) is 11.3 Å². The molecule has 1 aliphatic rings. The zero-order chi connectivity index (χ0) is 26.7. The molecular weight excluding hydrogens is 557 g/mol. The minimum absolute atomic E-state index is 0.0772. The lowest BCUT2D eigenvalue weighted by Crippen LogP contribution is -2.30. The number of carbonyl (C=O) groups is 1. The topological polar surface area (TPSA) is 96.7 Å². The van der Waals surface area contributed by atoms with Gasteiger partial charge >= 0.3 is 16.4 Å². The molecule has 1 heterocycles. The summed E-state index contributed by atoms with van der Waals surface area (Å²) in [5.41, 5.74) is 2.93. The molecule has 1 aromatic carbocycles. The number of benzene rings is 1. The maximum atomic E-state index is 13.3. The number of nitrogens with zero attached hydrogens (tertiary/aromatic N) is 3. The molecule has 1 saturated carbocycles. The minimum Gasteiger partial charge on any atom is -0.370 e. The molecule has 0 saturated heterocycles. The summed E-state index contributed by atoms with van der Waals surface area (Å²) in [5.74, 6) is -1.15. The molecule has 0 radical (unpaired) electrons. The summed E-state index contributed by atoms with van der Waals surface area (Å²) in [6.07, 6.45) is -5.84. The lowest BCUT2D eigenvalue weighted by atomic mass is 9.94. The van der Waals surface area contributed by atoms with Crippen molar-refractivity contribution in [3.05, 3.63) is 33.4 Å². The third kappa shape index (κ3) is 5.54. The standard InChI is InChI=1S/C18H15Cl2F8N5OS/c19-10-6-9(35(24,25,26,27)28)7-11(20)14(10)33-15(31-5-1-2-18(21,22)23)13(12(8-29)32-33)17(3-4-17)16(30)34/h6-7,31H,1-5H2,(H2,30,34). The largest absolute Gasteiger partial charge is 0.389 e. The maximum Gasteiger partial charge on any atom is 0.389 e. The molecule has 6 nitrogen and oxygen atoms in total. The molecule has 35 heavy (non-hydrogen) atoms. The van der Waals surface area contributed by atoms with Crippen molar-refractivity contribution in [2.45, 2.75) is 42.2 Å². The number of hydrogen-bond donors (Lipinski definition) is 2. The Labute approximate surface area is 202 Å². The van der Waals surface area contributed by atoms with E-state index in [1.165, 1.54) is 0 Å². The first-order chi connectivity index (χ1) is 15.7. The molecule has 2 aromatic rings. The fourth-order valence-electron chi connectivity index (χ4n) is 3.48. The van der Waals surface area contributed by atoms with Gasteiger partial charge in [-0.15, -0.1) is 0 Å². The van der Waals surface area contributed by atoms with Crippen LogP contribution >= 0.6 is 33.4 Å². The summed E-state index contributed by atoms with van der Waals surface area (Å²) in [4.78, 5) is 9.73. The second-order valence-corrected chi connectivity index (χ2v) is 11.1. The van der Waals surface area contributed by atoms with E-state index in [2.05, 4.69) is 10.4 Å². The first-order valence-corrected chi connectivity index (χ1v) is 12.3. The van der Waals surface area contributed by atoms with E-state index in [-0.39, 0.29) is 42.9 Å². The molecule has 194 valence electrons. The summed E-state index contributed by atoms with van der Waals surface area (Å²) in [6, 6.07) is 1.53. The molecule has 3 rings (SSSR count). The number of alkyl halides is 3. The van der Waals surface area contributed by atoms with Gasteiger partial charge in [-0.05, 0) is 31.4 Å². The lowest BCUT2D eigenvalue weighted by Gasteiger charge is -2.40. The van der Waals surface area contributed by atoms with Gasteiger partial charge in [-0.25, -0.2) is 4.68 Å². The number of anilines is 1. The molecule has 3 N–H and O–H groups in total. The highest BCUT2D eigenvalue weighted by atomic mass is 35.5. The molecule has 0 unspecified atom stereocenters. The first kappa shape index (κ1) is 27.2. The molecule has 1 aliphatic carbocycles. The van der Waals surface area contributed by atoms with Gasteiger partial charge in [-0.2, -0.15) is 23.5 Å². The second kappa shape index (κ2) is 7.78. The molecule has 1 amide bonds. The summed E-state index contributed by atoms with van der Waals surface area (Å²) in [5, 5.41) is 14.1. The number of halogens is 10. The zero-order valence-corrected chi connectivity index (χ0v) is 19.5. The van der Waals surface area contributed by atoms with E-state index in [0.29, 0.717) is 4.68 Å². The van der Waals surface area contributed by atoms with E-state index >= 15 is 0 Å². The highest BCUT2D eigenvalue weighted by Gasteiger charge is 2.65. The molecule has 0 aliphatic heterocycles. The molecule has 0 atom stereocenters. The first-order valence-electron chi connectivity index (χ1n) is 9.58. The SMILES string of the molecule is N#Cc1nn(-c2c(Cl)cc(S(F)(F)(F)(F)F)cc2Cl)c(NCCCC(F)(F)F)c1C1(C(N)=O)CC1. The summed E-state index contributed by atoms with van der Waals surface area (Å²) in [6.45, 7) is -0.378. The number of amides is 1. The normalized spacial score (nSPS) is 17.3. The lowest BCUT2D eigenvalue weighted by molar-refractivity contribution is -0.134. The number of aromatic nitrogens is 2. The highest BCUT2D eigenvalue weighted by molar-refractivity contribution is 8.45. The summed E-state index contributed by atoms with van der Waals surface area (Å²) in [7, 11) is -10.2. The molecule has 0 spiro atoms. The Morgan fingerprint density at radius 1 is 1.20 bits per heavy atom. The van der Waals surface area contributed by atoms with Crippen LogP contribution < -0.4 is 11.1 Å². The number of nitrogens with one attached hydrogen (secondary N) is 1. The Morgan fingerprint density at radius 3 is 2.14 bits per heavy atom. The Morgan fingerprint density at radius 2 is 1.74 bits per heavy atom. The number of hydrogen-bond acceptors (Lipinski definition) is 4. The van der Waals surface area contributed by atoms with Crippen molar-refractivity contribution in [2.24, 2.45) is 5.73 Å². The molecule has 1 fully saturated rings. The van der Waals surface area contributed by atoms with Gasteiger partial charge in [-0.3, -0.25) is 4.79 Å². The van der Waals surface area contributed by atoms with Crippen molar-refractivity contribution in [2.75, 3.05) is 11.9 Å². The van der Waals surface area contributed by atoms with E-state index in [1.54, 1.807) is 6.07 Å². The van der Waals surface area contributed by atoms with Gasteiger partial charge in [0, 0.05) is 18.5 Å². The predicted molar refractivity (Wildman–Crippen MR) is 114 cm³/mol. The third-order valence-electron chi connectivity index (χ3n) is 5.27. The second-order valence-electron chi connectivity index (χ2n) is 7.89. The van der Waals surface area contributed by atoms with Gasteiger partial charge < -0.3 is 11.1 Å². The zero-order valence-electron chi connectivity index (χ0n) is 17.2. The van der Waals surface area contributed by atoms with Crippen LogP contribution in [0.3, 0.4) is 0 Å². The summed E-state index contributed by atoms with van der Waals surface area (Å²) >= 11 is 11.8. The van der Waals surface area contributed by atoms with Crippen molar-refractivity contribution >= 4 is 45.2 Å². The minimum atomic E-state index is -10.2. The average Bonchev–Trinajstić information content (AvgIpc) is 3.39. The Bertz CT molecular complexity index is 1230. The van der Waals surface area contributed by atoms with Crippen LogP contribution in [0.1, 0.15) is 36.9 Å². The molecule has 0 bridgehead atoms. The van der Waals surface area contributed by atoms with Crippen LogP contribution in [0.5, 0.6) is 0 Å². The smallest absolute Gasteiger partial charge is 0.370 e. The van der Waals surface area contributed by atoms with Crippen molar-refractivity contribution in [3.8, 4) is 11.8 Å². The van der Waals surface area contributed by atoms with Crippen molar-refractivity contribution < 1.29 is 37.4 Å². The van der Waals surface area contributed by atoms with Crippen molar-refractivity contribution in [3.63, 3.8) is 0 Å². The number of nitriles is 1. The molecular formula is C18H15Cl2F8N5OS. The number of rotatable bonds is 8. The van der Waals surface area contributed by atoms with Crippen molar-refractivity contribution in [1.82, 2.24) is 9.78 Å².